The van der Waals surface area contributed by atoms with Crippen molar-refractivity contribution in [1.29, 1.82) is 0 Å². The van der Waals surface area contributed by atoms with E-state index in [0.717, 1.165) is 29.3 Å². The van der Waals surface area contributed by atoms with Crippen LogP contribution in [0.5, 0.6) is 5.75 Å². The minimum atomic E-state index is -0.211. The fraction of sp³-hybridized carbons (Fsp3) is 0.250. The zero-order chi connectivity index (χ0) is 28.8. The van der Waals surface area contributed by atoms with Gasteiger partial charge in [0.25, 0.3) is 5.91 Å². The molecular formula is C32H34N6O2S. The molecule has 0 radical (unpaired) electrons. The molecule has 0 atom stereocenters. The van der Waals surface area contributed by atoms with Crippen LogP contribution in [0.15, 0.2) is 95.2 Å². The number of hydrazone groups is 1. The molecule has 3 aromatic carbocycles. The highest BCUT2D eigenvalue weighted by molar-refractivity contribution is 7.99. The van der Waals surface area contributed by atoms with Gasteiger partial charge in [-0.1, -0.05) is 60.3 Å². The van der Waals surface area contributed by atoms with Gasteiger partial charge in [0.2, 0.25) is 0 Å². The molecule has 0 aliphatic heterocycles. The average molecular weight is 567 g/mol. The van der Waals surface area contributed by atoms with Gasteiger partial charge in [-0.05, 0) is 62.7 Å². The van der Waals surface area contributed by atoms with Crippen molar-refractivity contribution in [1.82, 2.24) is 24.8 Å². The van der Waals surface area contributed by atoms with Crippen LogP contribution in [0, 0.1) is 0 Å². The standard InChI is InChI=1S/C32H34N6O2S/c1-5-40-25-16-14-24(15-17-25)23(4)33-35-31(39)21-41-32-36-34-30(38(32)20-22(2)3)18-19-37-28-12-8-6-10-26(28)27-11-7-9-13-29(27)37/h6-17H,2,5,18-21H2,1,3-4H3,(H,35,39)/b33-23+. The van der Waals surface area contributed by atoms with Gasteiger partial charge in [0.15, 0.2) is 5.16 Å². The van der Waals surface area contributed by atoms with Gasteiger partial charge in [-0.3, -0.25) is 4.79 Å². The number of nitrogens with one attached hydrogen (secondary N) is 1. The van der Waals surface area contributed by atoms with Crippen LogP contribution in [0.25, 0.3) is 21.8 Å². The maximum Gasteiger partial charge on any atom is 0.250 e. The molecule has 0 unspecified atom stereocenters. The third kappa shape index (κ3) is 6.52. The third-order valence-electron chi connectivity index (χ3n) is 6.72. The Bertz CT molecular complexity index is 1660. The second-order valence-corrected chi connectivity index (χ2v) is 10.8. The number of thioether (sulfide) groups is 1. The number of amides is 1. The van der Waals surface area contributed by atoms with Crippen LogP contribution in [-0.4, -0.2) is 43.3 Å². The van der Waals surface area contributed by atoms with E-state index in [2.05, 4.69) is 85.0 Å². The molecule has 2 aromatic heterocycles. The number of rotatable bonds is 12. The van der Waals surface area contributed by atoms with Crippen LogP contribution < -0.4 is 10.2 Å². The van der Waals surface area contributed by atoms with E-state index in [9.17, 15) is 4.79 Å². The average Bonchev–Trinajstić information content (AvgIpc) is 3.51. The lowest BCUT2D eigenvalue weighted by molar-refractivity contribution is -0.118. The van der Waals surface area contributed by atoms with E-state index in [4.69, 9.17) is 4.74 Å². The van der Waals surface area contributed by atoms with E-state index < -0.39 is 0 Å². The summed E-state index contributed by atoms with van der Waals surface area (Å²) in [6.07, 6.45) is 0.696. The molecule has 210 valence electrons. The monoisotopic (exact) mass is 566 g/mol. The number of ether oxygens (including phenoxy) is 1. The minimum Gasteiger partial charge on any atom is -0.494 e. The van der Waals surface area contributed by atoms with E-state index in [0.29, 0.717) is 30.4 Å². The van der Waals surface area contributed by atoms with Gasteiger partial charge in [-0.2, -0.15) is 5.10 Å². The highest BCUT2D eigenvalue weighted by Gasteiger charge is 2.16. The summed E-state index contributed by atoms with van der Waals surface area (Å²) in [6.45, 7) is 11.8. The molecule has 41 heavy (non-hydrogen) atoms. The topological polar surface area (TPSA) is 86.3 Å². The van der Waals surface area contributed by atoms with Crippen molar-refractivity contribution >= 4 is 45.2 Å². The lowest BCUT2D eigenvalue weighted by Gasteiger charge is -2.11. The zero-order valence-corrected chi connectivity index (χ0v) is 24.4. The Hall–Kier alpha value is -4.37. The quantitative estimate of drug-likeness (QED) is 0.0837. The van der Waals surface area contributed by atoms with Crippen molar-refractivity contribution in [2.75, 3.05) is 12.4 Å². The molecule has 9 heteroatoms. The first-order valence-corrected chi connectivity index (χ1v) is 14.6. The molecule has 0 spiro atoms. The molecule has 0 bridgehead atoms. The van der Waals surface area contributed by atoms with Gasteiger partial charge in [0.05, 0.1) is 18.1 Å². The van der Waals surface area contributed by atoms with Gasteiger partial charge in [0, 0.05) is 41.3 Å². The number of benzene rings is 3. The maximum atomic E-state index is 12.6. The van der Waals surface area contributed by atoms with Gasteiger partial charge >= 0.3 is 0 Å². The van der Waals surface area contributed by atoms with Crippen LogP contribution in [0.1, 0.15) is 32.2 Å². The molecule has 1 N–H and O–H groups in total. The minimum absolute atomic E-state index is 0.168. The highest BCUT2D eigenvalue weighted by atomic mass is 32.2. The summed E-state index contributed by atoms with van der Waals surface area (Å²) >= 11 is 1.34. The maximum absolute atomic E-state index is 12.6. The number of aromatic nitrogens is 4. The van der Waals surface area contributed by atoms with E-state index in [1.807, 2.05) is 45.0 Å². The SMILES string of the molecule is C=C(C)Cn1c(CCn2c3ccccc3c3ccccc32)nnc1SCC(=O)N/N=C(\C)c1ccc(OCC)cc1. The molecule has 5 aromatic rings. The van der Waals surface area contributed by atoms with Crippen molar-refractivity contribution in [2.24, 2.45) is 5.10 Å². The van der Waals surface area contributed by atoms with Crippen molar-refractivity contribution in [3.05, 3.63) is 96.3 Å². The first kappa shape index (κ1) is 28.2. The summed E-state index contributed by atoms with van der Waals surface area (Å²) in [4.78, 5) is 12.6. The first-order valence-electron chi connectivity index (χ1n) is 13.7. The van der Waals surface area contributed by atoms with Gasteiger partial charge < -0.3 is 13.9 Å². The number of hydrogen-bond donors (Lipinski definition) is 1. The van der Waals surface area contributed by atoms with E-state index >= 15 is 0 Å². The molecule has 5 rings (SSSR count). The van der Waals surface area contributed by atoms with E-state index in [1.54, 1.807) is 0 Å². The van der Waals surface area contributed by atoms with Gasteiger partial charge in [0.1, 0.15) is 11.6 Å². The summed E-state index contributed by atoms with van der Waals surface area (Å²) in [6, 6.07) is 24.6. The van der Waals surface area contributed by atoms with Crippen molar-refractivity contribution < 1.29 is 9.53 Å². The highest BCUT2D eigenvalue weighted by Crippen LogP contribution is 2.29. The first-order chi connectivity index (χ1) is 19.9. The lowest BCUT2D eigenvalue weighted by atomic mass is 10.1. The van der Waals surface area contributed by atoms with Crippen molar-refractivity contribution in [3.63, 3.8) is 0 Å². The van der Waals surface area contributed by atoms with Crippen LogP contribution in [0.4, 0.5) is 0 Å². The second-order valence-electron chi connectivity index (χ2n) is 9.86. The fourth-order valence-electron chi connectivity index (χ4n) is 4.83. The Morgan fingerprint density at radius 1 is 0.951 bits per heavy atom. The number of hydrogen-bond acceptors (Lipinski definition) is 6. The number of fused-ring (bicyclic) bond motifs is 3. The number of carbonyl (C=O) groups excluding carboxylic acids is 1. The predicted octanol–water partition coefficient (Wildman–Crippen LogP) is 6.24. The van der Waals surface area contributed by atoms with Crippen molar-refractivity contribution in [3.8, 4) is 5.75 Å². The smallest absolute Gasteiger partial charge is 0.250 e. The summed E-state index contributed by atoms with van der Waals surface area (Å²) < 4.78 is 9.88. The number of allylic oxidation sites excluding steroid dienone is 1. The summed E-state index contributed by atoms with van der Waals surface area (Å²) in [7, 11) is 0. The predicted molar refractivity (Wildman–Crippen MR) is 167 cm³/mol. The molecule has 1 amide bonds. The molecule has 0 fully saturated rings. The molecular weight excluding hydrogens is 532 g/mol. The van der Waals surface area contributed by atoms with Crippen LogP contribution in [0.2, 0.25) is 0 Å². The summed E-state index contributed by atoms with van der Waals surface area (Å²) in [5.74, 6) is 1.62. The summed E-state index contributed by atoms with van der Waals surface area (Å²) in [5.41, 5.74) is 7.67. The number of para-hydroxylation sites is 2. The largest absolute Gasteiger partial charge is 0.494 e. The zero-order valence-electron chi connectivity index (χ0n) is 23.6. The third-order valence-corrected chi connectivity index (χ3v) is 7.69. The van der Waals surface area contributed by atoms with Gasteiger partial charge in [-0.25, -0.2) is 5.43 Å². The molecule has 2 heterocycles. The van der Waals surface area contributed by atoms with E-state index in [-0.39, 0.29) is 11.7 Å². The van der Waals surface area contributed by atoms with Gasteiger partial charge in [-0.15, -0.1) is 10.2 Å². The normalized spacial score (nSPS) is 11.7. The molecule has 8 nitrogen and oxygen atoms in total. The van der Waals surface area contributed by atoms with E-state index in [1.165, 1.54) is 33.6 Å². The Labute approximate surface area is 244 Å². The molecule has 0 aliphatic rings. The Morgan fingerprint density at radius 3 is 2.24 bits per heavy atom. The Morgan fingerprint density at radius 2 is 1.61 bits per heavy atom. The number of carbonyl (C=O) groups is 1. The van der Waals surface area contributed by atoms with Crippen LogP contribution >= 0.6 is 11.8 Å². The van der Waals surface area contributed by atoms with Crippen LogP contribution in [-0.2, 0) is 24.3 Å². The second kappa shape index (κ2) is 12.9. The summed E-state index contributed by atoms with van der Waals surface area (Å²) in [5, 5.41) is 16.4. The number of aryl methyl sites for hydroxylation is 2. The Balaban J connectivity index is 1.26. The number of nitrogens with zero attached hydrogens (tertiary/aromatic N) is 5. The molecule has 0 aliphatic carbocycles. The lowest BCUT2D eigenvalue weighted by Crippen LogP contribution is -2.21. The molecule has 0 saturated heterocycles. The van der Waals surface area contributed by atoms with Crippen molar-refractivity contribution in [2.45, 2.75) is 45.4 Å². The molecule has 0 saturated carbocycles. The fourth-order valence-corrected chi connectivity index (χ4v) is 5.58. The Kier molecular flexibility index (Phi) is 8.84. The van der Waals surface area contributed by atoms with Crippen LogP contribution in [0.3, 0.4) is 0 Å².